The number of anilines is 1. The van der Waals surface area contributed by atoms with E-state index in [1.54, 1.807) is 24.3 Å². The summed E-state index contributed by atoms with van der Waals surface area (Å²) < 4.78 is 24.9. The number of hydrogen-bond acceptors (Lipinski definition) is 7. The Morgan fingerprint density at radius 2 is 1.93 bits per heavy atom. The Bertz CT molecular complexity index is 1130. The number of rotatable bonds is 6. The van der Waals surface area contributed by atoms with E-state index in [1.165, 1.54) is 18.2 Å². The van der Waals surface area contributed by atoms with Crippen LogP contribution in [0.3, 0.4) is 0 Å². The molecule has 0 unspecified atom stereocenters. The van der Waals surface area contributed by atoms with Crippen LogP contribution in [0.25, 0.3) is 10.2 Å². The Morgan fingerprint density at radius 3 is 2.59 bits per heavy atom. The van der Waals surface area contributed by atoms with Crippen molar-refractivity contribution in [3.05, 3.63) is 63.2 Å². The molecule has 8 nitrogen and oxygen atoms in total. The van der Waals surface area contributed by atoms with Crippen LogP contribution >= 0.6 is 22.9 Å². The van der Waals surface area contributed by atoms with Crippen LogP contribution in [0.2, 0.25) is 5.02 Å². The number of nitrogens with zero attached hydrogens (tertiary/aromatic N) is 2. The number of amides is 1. The number of nitrogens with one attached hydrogen (secondary N) is 1. The van der Waals surface area contributed by atoms with Gasteiger partial charge in [0.15, 0.2) is 15.0 Å². The molecule has 0 aliphatic heterocycles. The molecule has 11 heteroatoms. The third kappa shape index (κ3) is 5.00. The van der Waals surface area contributed by atoms with Gasteiger partial charge in [-0.15, -0.1) is 0 Å². The number of hydrogen-bond donors (Lipinski definition) is 1. The fraction of sp³-hybridized carbons (Fsp3) is 0.125. The van der Waals surface area contributed by atoms with Gasteiger partial charge in [0.05, 0.1) is 20.9 Å². The first-order valence-electron chi connectivity index (χ1n) is 7.51. The Labute approximate surface area is 162 Å². The van der Waals surface area contributed by atoms with Crippen molar-refractivity contribution in [2.45, 2.75) is 5.75 Å². The number of carbonyl (C=O) groups excluding carboxylic acids is 1. The molecule has 1 amide bonds. The molecule has 2 aromatic carbocycles. The monoisotopic (exact) mass is 425 g/mol. The van der Waals surface area contributed by atoms with Crippen molar-refractivity contribution in [2.75, 3.05) is 11.1 Å². The van der Waals surface area contributed by atoms with E-state index in [2.05, 4.69) is 10.3 Å². The van der Waals surface area contributed by atoms with Crippen molar-refractivity contribution in [3.63, 3.8) is 0 Å². The average molecular weight is 426 g/mol. The summed E-state index contributed by atoms with van der Waals surface area (Å²) in [6.07, 6.45) is 0. The highest BCUT2D eigenvalue weighted by Gasteiger charge is 2.19. The molecule has 0 saturated carbocycles. The average Bonchev–Trinajstić information content (AvgIpc) is 2.97. The normalized spacial score (nSPS) is 11.4. The standard InChI is InChI=1S/C16H12ClN3O5S2/c17-11-3-1-10(2-4-11)8-27(24,25)9-15(21)19-16-18-13-6-5-12(20(22)23)7-14(13)26-16/h1-7H,8-9H2,(H,18,19,21). The molecule has 27 heavy (non-hydrogen) atoms. The first kappa shape index (κ1) is 19.2. The minimum absolute atomic E-state index is 0.0884. The molecule has 0 spiro atoms. The molecular weight excluding hydrogens is 414 g/mol. The predicted octanol–water partition coefficient (Wildman–Crippen LogP) is 3.41. The summed E-state index contributed by atoms with van der Waals surface area (Å²) in [5, 5.41) is 13.9. The number of benzene rings is 2. The highest BCUT2D eigenvalue weighted by molar-refractivity contribution is 7.91. The van der Waals surface area contributed by atoms with Crippen LogP contribution in [0.15, 0.2) is 42.5 Å². The van der Waals surface area contributed by atoms with Crippen LogP contribution < -0.4 is 5.32 Å². The lowest BCUT2D eigenvalue weighted by atomic mass is 10.2. The summed E-state index contributed by atoms with van der Waals surface area (Å²) in [7, 11) is -3.68. The fourth-order valence-electron chi connectivity index (χ4n) is 2.32. The molecule has 0 atom stereocenters. The third-order valence-electron chi connectivity index (χ3n) is 3.48. The third-order valence-corrected chi connectivity index (χ3v) is 6.14. The van der Waals surface area contributed by atoms with Crippen molar-refractivity contribution in [2.24, 2.45) is 0 Å². The molecule has 3 aromatic rings. The van der Waals surface area contributed by atoms with Crippen LogP contribution in [-0.4, -0.2) is 30.0 Å². The molecule has 0 saturated heterocycles. The summed E-state index contributed by atoms with van der Waals surface area (Å²) in [5.41, 5.74) is 0.916. The van der Waals surface area contributed by atoms with Gasteiger partial charge in [0.1, 0.15) is 5.75 Å². The SMILES string of the molecule is O=C(CS(=O)(=O)Cc1ccc(Cl)cc1)Nc1nc2ccc([N+](=O)[O-])cc2s1. The summed E-state index contributed by atoms with van der Waals surface area (Å²) in [6, 6.07) is 10.4. The van der Waals surface area contributed by atoms with E-state index in [0.29, 0.717) is 20.8 Å². The Morgan fingerprint density at radius 1 is 1.22 bits per heavy atom. The minimum atomic E-state index is -3.68. The lowest BCUT2D eigenvalue weighted by Gasteiger charge is -2.05. The number of carbonyl (C=O) groups is 1. The first-order chi connectivity index (χ1) is 12.7. The van der Waals surface area contributed by atoms with Crippen LogP contribution in [-0.2, 0) is 20.4 Å². The zero-order valence-corrected chi connectivity index (χ0v) is 16.0. The Hall–Kier alpha value is -2.56. The van der Waals surface area contributed by atoms with E-state index >= 15 is 0 Å². The summed E-state index contributed by atoms with van der Waals surface area (Å²) in [6.45, 7) is 0. The van der Waals surface area contributed by atoms with Gasteiger partial charge in [-0.05, 0) is 23.8 Å². The molecule has 3 rings (SSSR count). The Kier molecular flexibility index (Phi) is 5.40. The predicted molar refractivity (Wildman–Crippen MR) is 104 cm³/mol. The maximum atomic E-state index is 12.2. The number of fused-ring (bicyclic) bond motifs is 1. The zero-order valence-electron chi connectivity index (χ0n) is 13.6. The zero-order chi connectivity index (χ0) is 19.6. The number of sulfone groups is 1. The molecule has 0 fully saturated rings. The fourth-order valence-corrected chi connectivity index (χ4v) is 4.64. The van der Waals surface area contributed by atoms with Gasteiger partial charge >= 0.3 is 0 Å². The van der Waals surface area contributed by atoms with Gasteiger partial charge in [0.25, 0.3) is 5.69 Å². The molecule has 0 bridgehead atoms. The summed E-state index contributed by atoms with van der Waals surface area (Å²) in [4.78, 5) is 26.5. The first-order valence-corrected chi connectivity index (χ1v) is 10.5. The van der Waals surface area contributed by atoms with E-state index in [0.717, 1.165) is 11.3 Å². The molecule has 0 aliphatic rings. The van der Waals surface area contributed by atoms with Crippen molar-refractivity contribution in [1.82, 2.24) is 4.98 Å². The second kappa shape index (κ2) is 7.59. The van der Waals surface area contributed by atoms with E-state index < -0.39 is 26.4 Å². The summed E-state index contributed by atoms with van der Waals surface area (Å²) in [5.74, 6) is -1.72. The van der Waals surface area contributed by atoms with Gasteiger partial charge in [-0.2, -0.15) is 0 Å². The lowest BCUT2D eigenvalue weighted by Crippen LogP contribution is -2.23. The molecular formula is C16H12ClN3O5S2. The second-order valence-electron chi connectivity index (χ2n) is 5.64. The van der Waals surface area contributed by atoms with Gasteiger partial charge in [-0.25, -0.2) is 13.4 Å². The molecule has 140 valence electrons. The Balaban J connectivity index is 1.68. The van der Waals surface area contributed by atoms with E-state index in [-0.39, 0.29) is 16.6 Å². The number of nitro groups is 1. The van der Waals surface area contributed by atoms with Gasteiger partial charge in [-0.1, -0.05) is 35.1 Å². The van der Waals surface area contributed by atoms with E-state index in [4.69, 9.17) is 11.6 Å². The number of thiazole rings is 1. The highest BCUT2D eigenvalue weighted by Crippen LogP contribution is 2.29. The smallest absolute Gasteiger partial charge is 0.270 e. The highest BCUT2D eigenvalue weighted by atomic mass is 35.5. The number of halogens is 1. The van der Waals surface area contributed by atoms with Crippen LogP contribution in [0.4, 0.5) is 10.8 Å². The summed E-state index contributed by atoms with van der Waals surface area (Å²) >= 11 is 6.79. The minimum Gasteiger partial charge on any atom is -0.301 e. The lowest BCUT2D eigenvalue weighted by molar-refractivity contribution is -0.384. The molecule has 0 radical (unpaired) electrons. The van der Waals surface area contributed by atoms with E-state index in [9.17, 15) is 23.3 Å². The topological polar surface area (TPSA) is 119 Å². The van der Waals surface area contributed by atoms with Crippen molar-refractivity contribution >= 4 is 59.7 Å². The maximum absolute atomic E-state index is 12.2. The van der Waals surface area contributed by atoms with E-state index in [1.807, 2.05) is 0 Å². The van der Waals surface area contributed by atoms with Crippen LogP contribution in [0.1, 0.15) is 5.56 Å². The number of non-ortho nitro benzene ring substituents is 1. The number of aromatic nitrogens is 1. The molecule has 1 heterocycles. The molecule has 1 N–H and O–H groups in total. The van der Waals surface area contributed by atoms with Gasteiger partial charge in [-0.3, -0.25) is 14.9 Å². The largest absolute Gasteiger partial charge is 0.301 e. The van der Waals surface area contributed by atoms with Crippen LogP contribution in [0.5, 0.6) is 0 Å². The second-order valence-corrected chi connectivity index (χ2v) is 9.17. The van der Waals surface area contributed by atoms with Crippen molar-refractivity contribution < 1.29 is 18.1 Å². The van der Waals surface area contributed by atoms with Crippen molar-refractivity contribution in [1.29, 1.82) is 0 Å². The molecule has 0 aliphatic carbocycles. The quantitative estimate of drug-likeness (QED) is 0.477. The van der Waals surface area contributed by atoms with Crippen LogP contribution in [0, 0.1) is 10.1 Å². The molecule has 1 aromatic heterocycles. The van der Waals surface area contributed by atoms with Gasteiger partial charge in [0, 0.05) is 17.2 Å². The van der Waals surface area contributed by atoms with Crippen molar-refractivity contribution in [3.8, 4) is 0 Å². The van der Waals surface area contributed by atoms with Gasteiger partial charge in [0.2, 0.25) is 5.91 Å². The van der Waals surface area contributed by atoms with Gasteiger partial charge < -0.3 is 5.32 Å². The number of nitro benzene ring substituents is 1. The maximum Gasteiger partial charge on any atom is 0.270 e.